The monoisotopic (exact) mass is 189 g/mol. The average molecular weight is 189 g/mol. The largest absolute Gasteiger partial charge is 0.323 e. The molecule has 72 valence electrons. The van der Waals surface area contributed by atoms with Crippen LogP contribution in [0, 0.1) is 0 Å². The second kappa shape index (κ2) is 3.55. The molecule has 2 aromatic heterocycles. The number of hydrogen-bond acceptors (Lipinski definition) is 4. The van der Waals surface area contributed by atoms with Gasteiger partial charge < -0.3 is 5.73 Å². The van der Waals surface area contributed by atoms with Crippen LogP contribution >= 0.6 is 0 Å². The number of nitrogens with two attached hydrogens (primary N) is 1. The molecule has 0 saturated carbocycles. The lowest BCUT2D eigenvalue weighted by atomic mass is 10.2. The van der Waals surface area contributed by atoms with Crippen LogP contribution in [0.5, 0.6) is 0 Å². The molecule has 2 N–H and O–H groups in total. The van der Waals surface area contributed by atoms with Gasteiger partial charge in [0.15, 0.2) is 0 Å². The van der Waals surface area contributed by atoms with Gasteiger partial charge in [-0.1, -0.05) is 0 Å². The number of aromatic nitrogens is 4. The van der Waals surface area contributed by atoms with Crippen LogP contribution in [0.1, 0.15) is 18.7 Å². The van der Waals surface area contributed by atoms with Gasteiger partial charge in [0.25, 0.3) is 0 Å². The molecule has 0 fully saturated rings. The number of rotatable bonds is 2. The molecule has 0 saturated heterocycles. The van der Waals surface area contributed by atoms with Gasteiger partial charge in [-0.15, -0.1) is 0 Å². The third-order valence-electron chi connectivity index (χ3n) is 1.96. The highest BCUT2D eigenvalue weighted by molar-refractivity contribution is 5.28. The summed E-state index contributed by atoms with van der Waals surface area (Å²) in [5, 5.41) is 0. The quantitative estimate of drug-likeness (QED) is 0.754. The molecule has 0 amide bonds. The summed E-state index contributed by atoms with van der Waals surface area (Å²) in [7, 11) is 0. The molecular formula is C9H11N5. The minimum Gasteiger partial charge on any atom is -0.323 e. The van der Waals surface area contributed by atoms with E-state index in [0.29, 0.717) is 0 Å². The molecule has 0 aliphatic heterocycles. The van der Waals surface area contributed by atoms with E-state index in [1.165, 1.54) is 6.33 Å². The van der Waals surface area contributed by atoms with Gasteiger partial charge >= 0.3 is 0 Å². The van der Waals surface area contributed by atoms with Crippen LogP contribution in [0.4, 0.5) is 0 Å². The fraction of sp³-hybridized carbons (Fsp3) is 0.222. The molecule has 14 heavy (non-hydrogen) atoms. The van der Waals surface area contributed by atoms with Crippen LogP contribution in [0.3, 0.4) is 0 Å². The molecule has 1 atom stereocenters. The zero-order valence-corrected chi connectivity index (χ0v) is 7.83. The minimum absolute atomic E-state index is 0.0577. The van der Waals surface area contributed by atoms with Crippen LogP contribution in [0.2, 0.25) is 0 Å². The normalized spacial score (nSPS) is 12.7. The summed E-state index contributed by atoms with van der Waals surface area (Å²) in [6.45, 7) is 1.91. The van der Waals surface area contributed by atoms with Crippen molar-refractivity contribution in [2.45, 2.75) is 13.0 Å². The van der Waals surface area contributed by atoms with Crippen LogP contribution in [0.15, 0.2) is 31.2 Å². The molecule has 0 aliphatic rings. The van der Waals surface area contributed by atoms with E-state index in [2.05, 4.69) is 15.0 Å². The average Bonchev–Trinajstić information content (AvgIpc) is 2.67. The Labute approximate surface area is 81.6 Å². The second-order valence-corrected chi connectivity index (χ2v) is 3.07. The first-order valence-corrected chi connectivity index (χ1v) is 4.32. The van der Waals surface area contributed by atoms with Crippen LogP contribution < -0.4 is 5.73 Å². The molecule has 5 heteroatoms. The smallest absolute Gasteiger partial charge is 0.115 e. The van der Waals surface area contributed by atoms with Gasteiger partial charge in [-0.3, -0.25) is 4.57 Å². The predicted octanol–water partition coefficient (Wildman–Crippen LogP) is 0.682. The van der Waals surface area contributed by atoms with Crippen molar-refractivity contribution in [3.8, 4) is 5.69 Å². The first-order valence-electron chi connectivity index (χ1n) is 4.32. The highest BCUT2D eigenvalue weighted by Crippen LogP contribution is 2.13. The lowest BCUT2D eigenvalue weighted by molar-refractivity contribution is 0.750. The number of imidazole rings is 1. The summed E-state index contributed by atoms with van der Waals surface area (Å²) in [6.07, 6.45) is 8.39. The Morgan fingerprint density at radius 1 is 1.21 bits per heavy atom. The first kappa shape index (κ1) is 8.83. The highest BCUT2D eigenvalue weighted by atomic mass is 15.1. The number of nitrogens with zero attached hydrogens (tertiary/aromatic N) is 4. The van der Waals surface area contributed by atoms with E-state index in [1.807, 2.05) is 11.5 Å². The SMILES string of the molecule is C[C@@H](N)c1cncn1-c1cncnc1. The summed E-state index contributed by atoms with van der Waals surface area (Å²) in [5.74, 6) is 0. The number of hydrogen-bond donors (Lipinski definition) is 1. The van der Waals surface area contributed by atoms with Crippen LogP contribution in [0.25, 0.3) is 5.69 Å². The van der Waals surface area contributed by atoms with Gasteiger partial charge in [0.1, 0.15) is 6.33 Å². The fourth-order valence-corrected chi connectivity index (χ4v) is 1.27. The van der Waals surface area contributed by atoms with E-state index < -0.39 is 0 Å². The van der Waals surface area contributed by atoms with Crippen molar-refractivity contribution in [3.05, 3.63) is 36.9 Å². The Kier molecular flexibility index (Phi) is 2.24. The molecule has 0 aromatic carbocycles. The van der Waals surface area contributed by atoms with Crippen molar-refractivity contribution in [1.82, 2.24) is 19.5 Å². The van der Waals surface area contributed by atoms with E-state index in [-0.39, 0.29) is 6.04 Å². The van der Waals surface area contributed by atoms with Gasteiger partial charge in [-0.2, -0.15) is 0 Å². The summed E-state index contributed by atoms with van der Waals surface area (Å²) in [4.78, 5) is 11.9. The Hall–Kier alpha value is -1.75. The topological polar surface area (TPSA) is 69.6 Å². The van der Waals surface area contributed by atoms with Gasteiger partial charge in [0, 0.05) is 6.04 Å². The second-order valence-electron chi connectivity index (χ2n) is 3.07. The molecule has 5 nitrogen and oxygen atoms in total. The molecule has 2 rings (SSSR count). The van der Waals surface area contributed by atoms with Gasteiger partial charge in [-0.25, -0.2) is 15.0 Å². The van der Waals surface area contributed by atoms with Crippen molar-refractivity contribution >= 4 is 0 Å². The Balaban J connectivity index is 2.47. The van der Waals surface area contributed by atoms with Crippen molar-refractivity contribution in [3.63, 3.8) is 0 Å². The zero-order valence-electron chi connectivity index (χ0n) is 7.83. The third kappa shape index (κ3) is 1.49. The zero-order chi connectivity index (χ0) is 9.97. The van der Waals surface area contributed by atoms with Gasteiger partial charge in [-0.05, 0) is 6.92 Å². The molecule has 0 spiro atoms. The summed E-state index contributed by atoms with van der Waals surface area (Å²) < 4.78 is 1.88. The molecule has 0 radical (unpaired) electrons. The van der Waals surface area contributed by atoms with E-state index in [1.54, 1.807) is 24.9 Å². The third-order valence-corrected chi connectivity index (χ3v) is 1.96. The lowest BCUT2D eigenvalue weighted by Gasteiger charge is -2.09. The lowest BCUT2D eigenvalue weighted by Crippen LogP contribution is -2.10. The van der Waals surface area contributed by atoms with Crippen molar-refractivity contribution in [2.24, 2.45) is 5.73 Å². The maximum Gasteiger partial charge on any atom is 0.115 e. The standard InChI is InChI=1S/C9H11N5/c1-7(10)9-4-13-6-14(9)8-2-11-5-12-3-8/h2-7H,10H2,1H3/t7-/m1/s1. The van der Waals surface area contributed by atoms with E-state index in [4.69, 9.17) is 5.73 Å². The Morgan fingerprint density at radius 3 is 2.57 bits per heavy atom. The summed E-state index contributed by atoms with van der Waals surface area (Å²) in [6, 6.07) is -0.0577. The van der Waals surface area contributed by atoms with E-state index in [0.717, 1.165) is 11.4 Å². The molecule has 0 aliphatic carbocycles. The fourth-order valence-electron chi connectivity index (χ4n) is 1.27. The van der Waals surface area contributed by atoms with Gasteiger partial charge in [0.05, 0.1) is 36.3 Å². The maximum absolute atomic E-state index is 5.79. The summed E-state index contributed by atoms with van der Waals surface area (Å²) >= 11 is 0. The van der Waals surface area contributed by atoms with E-state index >= 15 is 0 Å². The molecule has 2 aromatic rings. The van der Waals surface area contributed by atoms with Crippen molar-refractivity contribution in [2.75, 3.05) is 0 Å². The maximum atomic E-state index is 5.79. The van der Waals surface area contributed by atoms with Crippen molar-refractivity contribution < 1.29 is 0 Å². The minimum atomic E-state index is -0.0577. The predicted molar refractivity (Wildman–Crippen MR) is 51.8 cm³/mol. The van der Waals surface area contributed by atoms with Crippen LogP contribution in [-0.4, -0.2) is 19.5 Å². The Bertz CT molecular complexity index is 406. The molecular weight excluding hydrogens is 178 g/mol. The first-order chi connectivity index (χ1) is 6.79. The molecule has 0 bridgehead atoms. The Morgan fingerprint density at radius 2 is 1.93 bits per heavy atom. The molecule has 0 unspecified atom stereocenters. The highest BCUT2D eigenvalue weighted by Gasteiger charge is 2.07. The summed E-state index contributed by atoms with van der Waals surface area (Å²) in [5.41, 5.74) is 7.61. The molecule has 2 heterocycles. The van der Waals surface area contributed by atoms with Crippen molar-refractivity contribution in [1.29, 1.82) is 0 Å². The van der Waals surface area contributed by atoms with E-state index in [9.17, 15) is 0 Å². The van der Waals surface area contributed by atoms with Crippen LogP contribution in [-0.2, 0) is 0 Å². The van der Waals surface area contributed by atoms with Gasteiger partial charge in [0.2, 0.25) is 0 Å².